The second-order valence-corrected chi connectivity index (χ2v) is 8.58. The maximum Gasteiger partial charge on any atom is 0.282 e. The molecule has 0 spiro atoms. The van der Waals surface area contributed by atoms with Gasteiger partial charge in [0.25, 0.3) is 5.56 Å². The van der Waals surface area contributed by atoms with Crippen molar-refractivity contribution in [2.45, 2.75) is 39.0 Å². The molecule has 0 fully saturated rings. The van der Waals surface area contributed by atoms with Gasteiger partial charge in [0.1, 0.15) is 5.52 Å². The standard InChI is InChI=1S/C24H25N5O2S/c1-4-28-14-20-22(27-28)23(31)29(13-18-11-9-16(2)10-12-18)24(26-20)32-15-21(30)25-19-8-6-5-7-17(19)3/h5-12,14H,4,13,15H2,1-3H3,(H,25,30). The first-order valence-electron chi connectivity index (χ1n) is 10.5. The monoisotopic (exact) mass is 447 g/mol. The second-order valence-electron chi connectivity index (χ2n) is 7.64. The third-order valence-corrected chi connectivity index (χ3v) is 6.15. The van der Waals surface area contributed by atoms with Crippen molar-refractivity contribution in [3.8, 4) is 0 Å². The van der Waals surface area contributed by atoms with Gasteiger partial charge in [-0.3, -0.25) is 18.8 Å². The lowest BCUT2D eigenvalue weighted by Gasteiger charge is -2.12. The maximum absolute atomic E-state index is 13.3. The molecule has 0 saturated carbocycles. The van der Waals surface area contributed by atoms with E-state index in [4.69, 9.17) is 0 Å². The van der Waals surface area contributed by atoms with E-state index in [1.807, 2.05) is 69.3 Å². The molecular weight excluding hydrogens is 422 g/mol. The number of hydrogen-bond donors (Lipinski definition) is 1. The Labute approximate surface area is 190 Å². The molecule has 8 heteroatoms. The zero-order valence-electron chi connectivity index (χ0n) is 18.3. The molecule has 0 bridgehead atoms. The summed E-state index contributed by atoms with van der Waals surface area (Å²) in [4.78, 5) is 30.5. The summed E-state index contributed by atoms with van der Waals surface area (Å²) in [6, 6.07) is 15.7. The number of nitrogens with zero attached hydrogens (tertiary/aromatic N) is 4. The fourth-order valence-corrected chi connectivity index (χ4v) is 4.14. The highest BCUT2D eigenvalue weighted by atomic mass is 32.2. The van der Waals surface area contributed by atoms with Crippen LogP contribution >= 0.6 is 11.8 Å². The largest absolute Gasteiger partial charge is 0.325 e. The zero-order chi connectivity index (χ0) is 22.7. The van der Waals surface area contributed by atoms with E-state index in [1.165, 1.54) is 11.8 Å². The first-order valence-corrected chi connectivity index (χ1v) is 11.4. The summed E-state index contributed by atoms with van der Waals surface area (Å²) in [5.41, 5.74) is 4.59. The van der Waals surface area contributed by atoms with E-state index in [-0.39, 0.29) is 17.2 Å². The van der Waals surface area contributed by atoms with E-state index < -0.39 is 0 Å². The van der Waals surface area contributed by atoms with Gasteiger partial charge in [-0.2, -0.15) is 5.10 Å². The van der Waals surface area contributed by atoms with Crippen molar-refractivity contribution in [3.05, 3.63) is 81.8 Å². The average Bonchev–Trinajstić information content (AvgIpc) is 3.21. The van der Waals surface area contributed by atoms with Gasteiger partial charge in [0.05, 0.1) is 18.5 Å². The van der Waals surface area contributed by atoms with E-state index >= 15 is 0 Å². The Kier molecular flexibility index (Phi) is 6.41. The molecule has 32 heavy (non-hydrogen) atoms. The minimum atomic E-state index is -0.204. The zero-order valence-corrected chi connectivity index (χ0v) is 19.1. The first-order chi connectivity index (χ1) is 15.4. The van der Waals surface area contributed by atoms with Crippen molar-refractivity contribution < 1.29 is 4.79 Å². The number of amides is 1. The summed E-state index contributed by atoms with van der Waals surface area (Å²) in [6.07, 6.45) is 1.77. The van der Waals surface area contributed by atoms with Gasteiger partial charge in [-0.05, 0) is 38.0 Å². The summed E-state index contributed by atoms with van der Waals surface area (Å²) in [5, 5.41) is 7.81. The number of fused-ring (bicyclic) bond motifs is 1. The Hall–Kier alpha value is -3.39. The van der Waals surface area contributed by atoms with Gasteiger partial charge in [0.15, 0.2) is 10.7 Å². The molecule has 7 nitrogen and oxygen atoms in total. The van der Waals surface area contributed by atoms with E-state index in [0.717, 1.165) is 22.4 Å². The molecule has 0 atom stereocenters. The highest BCUT2D eigenvalue weighted by Gasteiger charge is 2.16. The normalized spacial score (nSPS) is 11.1. The van der Waals surface area contributed by atoms with Crippen molar-refractivity contribution in [1.82, 2.24) is 19.3 Å². The molecule has 1 amide bonds. The molecule has 2 heterocycles. The Morgan fingerprint density at radius 3 is 2.56 bits per heavy atom. The van der Waals surface area contributed by atoms with Crippen LogP contribution in [0.1, 0.15) is 23.6 Å². The van der Waals surface area contributed by atoms with E-state index in [2.05, 4.69) is 15.4 Å². The number of nitrogens with one attached hydrogen (secondary N) is 1. The molecule has 2 aromatic carbocycles. The summed E-state index contributed by atoms with van der Waals surface area (Å²) < 4.78 is 3.31. The minimum Gasteiger partial charge on any atom is -0.325 e. The number of carbonyl (C=O) groups excluding carboxylic acids is 1. The Balaban J connectivity index is 1.63. The molecule has 4 aromatic rings. The van der Waals surface area contributed by atoms with E-state index in [1.54, 1.807) is 15.4 Å². The number of carbonyl (C=O) groups is 1. The van der Waals surface area contributed by atoms with Gasteiger partial charge in [-0.1, -0.05) is 59.8 Å². The smallest absolute Gasteiger partial charge is 0.282 e. The third-order valence-electron chi connectivity index (χ3n) is 5.17. The molecule has 0 aliphatic rings. The fraction of sp³-hybridized carbons (Fsp3) is 0.250. The lowest BCUT2D eigenvalue weighted by atomic mass is 10.1. The minimum absolute atomic E-state index is 0.141. The maximum atomic E-state index is 13.3. The molecule has 0 aliphatic heterocycles. The highest BCUT2D eigenvalue weighted by Crippen LogP contribution is 2.20. The van der Waals surface area contributed by atoms with Crippen LogP contribution in [0.15, 0.2) is 64.7 Å². The average molecular weight is 448 g/mol. The van der Waals surface area contributed by atoms with Crippen LogP contribution in [-0.4, -0.2) is 31.0 Å². The predicted molar refractivity (Wildman–Crippen MR) is 128 cm³/mol. The van der Waals surface area contributed by atoms with Crippen LogP contribution < -0.4 is 10.9 Å². The van der Waals surface area contributed by atoms with Crippen LogP contribution in [-0.2, 0) is 17.9 Å². The lowest BCUT2D eigenvalue weighted by molar-refractivity contribution is -0.113. The number of anilines is 1. The number of aromatic nitrogens is 4. The van der Waals surface area contributed by atoms with Gasteiger partial charge in [-0.25, -0.2) is 4.98 Å². The van der Waals surface area contributed by atoms with Crippen molar-refractivity contribution in [2.75, 3.05) is 11.1 Å². The van der Waals surface area contributed by atoms with Crippen LogP contribution in [0.25, 0.3) is 11.0 Å². The Morgan fingerprint density at radius 1 is 1.09 bits per heavy atom. The molecular formula is C24H25N5O2S. The number of aryl methyl sites for hydroxylation is 3. The van der Waals surface area contributed by atoms with Gasteiger partial charge < -0.3 is 5.32 Å². The van der Waals surface area contributed by atoms with Crippen molar-refractivity contribution >= 4 is 34.4 Å². The molecule has 1 N–H and O–H groups in total. The summed E-state index contributed by atoms with van der Waals surface area (Å²) in [7, 11) is 0. The lowest BCUT2D eigenvalue weighted by Crippen LogP contribution is -2.25. The molecule has 4 rings (SSSR count). The van der Waals surface area contributed by atoms with Gasteiger partial charge in [0, 0.05) is 12.2 Å². The second kappa shape index (κ2) is 9.40. The first kappa shape index (κ1) is 21.8. The Morgan fingerprint density at radius 2 is 1.84 bits per heavy atom. The third kappa shape index (κ3) is 4.75. The van der Waals surface area contributed by atoms with Crippen LogP contribution in [0.4, 0.5) is 5.69 Å². The van der Waals surface area contributed by atoms with Gasteiger partial charge in [0.2, 0.25) is 5.91 Å². The van der Waals surface area contributed by atoms with Crippen molar-refractivity contribution in [1.29, 1.82) is 0 Å². The molecule has 164 valence electrons. The molecule has 0 saturated heterocycles. The van der Waals surface area contributed by atoms with E-state index in [9.17, 15) is 9.59 Å². The highest BCUT2D eigenvalue weighted by molar-refractivity contribution is 7.99. The summed E-state index contributed by atoms with van der Waals surface area (Å²) in [5.74, 6) is -0.00738. The van der Waals surface area contributed by atoms with E-state index in [0.29, 0.717) is 29.3 Å². The molecule has 0 radical (unpaired) electrons. The number of thioether (sulfide) groups is 1. The van der Waals surface area contributed by atoms with Crippen molar-refractivity contribution in [2.24, 2.45) is 0 Å². The van der Waals surface area contributed by atoms with Crippen LogP contribution in [0.3, 0.4) is 0 Å². The summed E-state index contributed by atoms with van der Waals surface area (Å²) in [6.45, 7) is 6.94. The topological polar surface area (TPSA) is 81.8 Å². The molecule has 0 unspecified atom stereocenters. The fourth-order valence-electron chi connectivity index (χ4n) is 3.34. The van der Waals surface area contributed by atoms with Gasteiger partial charge in [-0.15, -0.1) is 0 Å². The SMILES string of the molecule is CCn1cc2nc(SCC(=O)Nc3ccccc3C)n(Cc3ccc(C)cc3)c(=O)c2n1. The number of para-hydroxylation sites is 1. The quantitative estimate of drug-likeness (QED) is 0.342. The van der Waals surface area contributed by atoms with Crippen molar-refractivity contribution in [3.63, 3.8) is 0 Å². The number of benzene rings is 2. The number of rotatable bonds is 7. The number of hydrogen-bond acceptors (Lipinski definition) is 5. The van der Waals surface area contributed by atoms with Gasteiger partial charge >= 0.3 is 0 Å². The van der Waals surface area contributed by atoms with Crippen LogP contribution in [0.2, 0.25) is 0 Å². The van der Waals surface area contributed by atoms with Crippen LogP contribution in [0, 0.1) is 13.8 Å². The Bertz CT molecular complexity index is 1320. The molecule has 2 aromatic heterocycles. The molecule has 0 aliphatic carbocycles. The predicted octanol–water partition coefficient (Wildman–Crippen LogP) is 4.01. The summed E-state index contributed by atoms with van der Waals surface area (Å²) >= 11 is 1.25. The van der Waals surface area contributed by atoms with Crippen LogP contribution in [0.5, 0.6) is 0 Å².